The van der Waals surface area contributed by atoms with Crippen molar-refractivity contribution in [1.29, 1.82) is 0 Å². The summed E-state index contributed by atoms with van der Waals surface area (Å²) >= 11 is 3.21. The van der Waals surface area contributed by atoms with Gasteiger partial charge in [0.1, 0.15) is 11.5 Å². The number of carbonyl (C=O) groups is 1. The van der Waals surface area contributed by atoms with Gasteiger partial charge in [0, 0.05) is 34.8 Å². The van der Waals surface area contributed by atoms with Crippen LogP contribution in [0.15, 0.2) is 71.7 Å². The van der Waals surface area contributed by atoms with Gasteiger partial charge in [-0.15, -0.1) is 28.6 Å². The number of carbonyl (C=O) groups excluding carboxylic acids is 1. The quantitative estimate of drug-likeness (QED) is 0.0992. The fourth-order valence-electron chi connectivity index (χ4n) is 6.82. The maximum absolute atomic E-state index is 14.2. The van der Waals surface area contributed by atoms with Crippen molar-refractivity contribution in [1.82, 2.24) is 5.32 Å². The molecule has 0 saturated heterocycles. The van der Waals surface area contributed by atoms with Gasteiger partial charge in [0.15, 0.2) is 11.7 Å². The molecule has 0 radical (unpaired) electrons. The van der Waals surface area contributed by atoms with Crippen LogP contribution in [0.25, 0.3) is 21.9 Å². The fourth-order valence-corrected chi connectivity index (χ4v) is 8.83. The summed E-state index contributed by atoms with van der Waals surface area (Å²) in [6, 6.07) is 21.0. The lowest BCUT2D eigenvalue weighted by atomic mass is 9.61. The molecule has 2 aliphatic carbocycles. The zero-order valence-corrected chi connectivity index (χ0v) is 26.3. The highest BCUT2D eigenvalue weighted by atomic mass is 32.1. The van der Waals surface area contributed by atoms with Crippen molar-refractivity contribution in [3.63, 3.8) is 0 Å². The minimum atomic E-state index is -0.153. The SMILES string of the molecule is CC#Cc1ccc(-c2ccc(C(=O)[C@H]3CC[C@@H]([C@@H](Cc4cc(O)cc(O)c4)NC(N)=NC)[C@H]4C=c5ccccc5=C[C@H]43)s2)s1. The molecule has 1 fully saturated rings. The molecule has 6 nitrogen and oxygen atoms in total. The normalized spacial score (nSPS) is 21.5. The monoisotopic (exact) mass is 621 g/mol. The molecular weight excluding hydrogens is 587 g/mol. The van der Waals surface area contributed by atoms with Crippen molar-refractivity contribution in [2.75, 3.05) is 7.05 Å². The molecule has 5 atom stereocenters. The Balaban J connectivity index is 1.34. The lowest BCUT2D eigenvalue weighted by molar-refractivity contribution is 0.0768. The number of hydrogen-bond donors (Lipinski definition) is 4. The maximum atomic E-state index is 14.2. The van der Waals surface area contributed by atoms with Crippen molar-refractivity contribution in [2.45, 2.75) is 32.2 Å². The first-order valence-corrected chi connectivity index (χ1v) is 16.4. The van der Waals surface area contributed by atoms with Crippen molar-refractivity contribution in [3.05, 3.63) is 92.5 Å². The van der Waals surface area contributed by atoms with Gasteiger partial charge in [-0.3, -0.25) is 9.79 Å². The molecule has 0 bridgehead atoms. The van der Waals surface area contributed by atoms with Gasteiger partial charge < -0.3 is 21.3 Å². The lowest BCUT2D eigenvalue weighted by Crippen LogP contribution is -2.52. The first kappa shape index (κ1) is 29.7. The number of hydrogen-bond acceptors (Lipinski definition) is 6. The summed E-state index contributed by atoms with van der Waals surface area (Å²) < 4.78 is 0. The molecule has 0 unspecified atom stereocenters. The Morgan fingerprint density at radius 3 is 2.36 bits per heavy atom. The van der Waals surface area contributed by atoms with Gasteiger partial charge in [-0.1, -0.05) is 42.3 Å². The van der Waals surface area contributed by atoms with Crippen LogP contribution in [0, 0.1) is 35.5 Å². The Labute approximate surface area is 265 Å². The van der Waals surface area contributed by atoms with Crippen LogP contribution in [0.3, 0.4) is 0 Å². The predicted octanol–water partition coefficient (Wildman–Crippen LogP) is 5.12. The van der Waals surface area contributed by atoms with Gasteiger partial charge in [0.25, 0.3) is 0 Å². The van der Waals surface area contributed by atoms with E-state index < -0.39 is 0 Å². The number of guanidine groups is 1. The molecule has 224 valence electrons. The Morgan fingerprint density at radius 1 is 0.977 bits per heavy atom. The lowest BCUT2D eigenvalue weighted by Gasteiger charge is -2.44. The van der Waals surface area contributed by atoms with Crippen LogP contribution in [-0.2, 0) is 6.42 Å². The second-order valence-electron chi connectivity index (χ2n) is 11.5. The number of aliphatic imine (C=N–C) groups is 1. The van der Waals surface area contributed by atoms with Gasteiger partial charge >= 0.3 is 0 Å². The third-order valence-electron chi connectivity index (χ3n) is 8.75. The number of thiophene rings is 2. The van der Waals surface area contributed by atoms with E-state index in [1.165, 1.54) is 11.3 Å². The van der Waals surface area contributed by atoms with Crippen molar-refractivity contribution < 1.29 is 15.0 Å². The van der Waals surface area contributed by atoms with Crippen LogP contribution in [0.5, 0.6) is 11.5 Å². The molecule has 8 heteroatoms. The number of nitrogens with one attached hydrogen (secondary N) is 1. The topological polar surface area (TPSA) is 108 Å². The van der Waals surface area contributed by atoms with E-state index in [0.29, 0.717) is 12.4 Å². The van der Waals surface area contributed by atoms with E-state index >= 15 is 0 Å². The third-order valence-corrected chi connectivity index (χ3v) is 11.0. The van der Waals surface area contributed by atoms with Gasteiger partial charge in [-0.25, -0.2) is 0 Å². The Bertz CT molecular complexity index is 1890. The fraction of sp³-hybridized carbons (Fsp3) is 0.278. The van der Waals surface area contributed by atoms with E-state index in [2.05, 4.69) is 58.6 Å². The second-order valence-corrected chi connectivity index (χ2v) is 13.6. The van der Waals surface area contributed by atoms with Gasteiger partial charge in [0.2, 0.25) is 0 Å². The molecule has 4 aromatic rings. The van der Waals surface area contributed by atoms with Crippen LogP contribution < -0.4 is 21.5 Å². The van der Waals surface area contributed by atoms with E-state index in [1.807, 2.05) is 31.2 Å². The summed E-state index contributed by atoms with van der Waals surface area (Å²) in [5, 5.41) is 26.1. The van der Waals surface area contributed by atoms with Crippen LogP contribution in [-0.4, -0.2) is 35.0 Å². The summed E-state index contributed by atoms with van der Waals surface area (Å²) in [6.07, 6.45) is 6.71. The molecule has 2 aromatic heterocycles. The minimum Gasteiger partial charge on any atom is -0.508 e. The molecule has 2 aromatic carbocycles. The van der Waals surface area contributed by atoms with Gasteiger partial charge in [-0.2, -0.15) is 0 Å². The summed E-state index contributed by atoms with van der Waals surface area (Å²) in [6.45, 7) is 1.84. The summed E-state index contributed by atoms with van der Waals surface area (Å²) in [5.41, 5.74) is 7.02. The average molecular weight is 622 g/mol. The van der Waals surface area contributed by atoms with E-state index in [1.54, 1.807) is 41.9 Å². The van der Waals surface area contributed by atoms with E-state index in [-0.39, 0.29) is 47.0 Å². The van der Waals surface area contributed by atoms with Crippen LogP contribution >= 0.6 is 22.7 Å². The molecule has 0 spiro atoms. The van der Waals surface area contributed by atoms with E-state index in [0.717, 1.165) is 43.1 Å². The largest absolute Gasteiger partial charge is 0.508 e. The molecule has 5 N–H and O–H groups in total. The van der Waals surface area contributed by atoms with Gasteiger partial charge in [0.05, 0.1) is 9.75 Å². The highest BCUT2D eigenvalue weighted by Crippen LogP contribution is 2.46. The number of nitrogens with zero attached hydrogens (tertiary/aromatic N) is 1. The van der Waals surface area contributed by atoms with E-state index in [4.69, 9.17) is 5.73 Å². The molecular formula is C36H35N3O3S2. The van der Waals surface area contributed by atoms with Crippen LogP contribution in [0.1, 0.15) is 39.9 Å². The third kappa shape index (κ3) is 6.17. The highest BCUT2D eigenvalue weighted by Gasteiger charge is 2.44. The number of phenols is 2. The van der Waals surface area contributed by atoms with Crippen LogP contribution in [0.2, 0.25) is 0 Å². The highest BCUT2D eigenvalue weighted by molar-refractivity contribution is 7.23. The molecule has 44 heavy (non-hydrogen) atoms. The maximum Gasteiger partial charge on any atom is 0.188 e. The molecule has 0 amide bonds. The number of Topliss-reactive ketones (excluding diaryl/α,β-unsaturated/α-hetero) is 1. The van der Waals surface area contributed by atoms with Crippen molar-refractivity contribution in [2.24, 2.45) is 34.4 Å². The van der Waals surface area contributed by atoms with Gasteiger partial charge in [-0.05, 0) is 96.3 Å². The summed E-state index contributed by atoms with van der Waals surface area (Å²) in [4.78, 5) is 22.4. The molecule has 6 rings (SSSR count). The number of fused-ring (bicyclic) bond motifs is 2. The predicted molar refractivity (Wildman–Crippen MR) is 180 cm³/mol. The minimum absolute atomic E-state index is 0.0107. The Kier molecular flexibility index (Phi) is 8.60. The molecule has 1 saturated carbocycles. The number of benzene rings is 2. The average Bonchev–Trinajstić information content (AvgIpc) is 3.69. The Morgan fingerprint density at radius 2 is 1.66 bits per heavy atom. The van der Waals surface area contributed by atoms with Crippen molar-refractivity contribution >= 4 is 46.6 Å². The number of ketones is 1. The number of aromatic hydroxyl groups is 2. The zero-order valence-electron chi connectivity index (χ0n) is 24.7. The first-order valence-electron chi connectivity index (χ1n) is 14.8. The first-order chi connectivity index (χ1) is 21.3. The second kappa shape index (κ2) is 12.7. The molecule has 2 aliphatic rings. The Hall–Kier alpha value is -4.32. The van der Waals surface area contributed by atoms with Crippen molar-refractivity contribution in [3.8, 4) is 33.1 Å². The van der Waals surface area contributed by atoms with Crippen LogP contribution in [0.4, 0.5) is 0 Å². The summed E-state index contributed by atoms with van der Waals surface area (Å²) in [5.74, 6) is 6.70. The standard InChI is InChI=1S/C36H35N3O3S2/c1-3-6-26-9-12-32(43-26)33-13-14-34(44-33)35(42)28-11-10-27(29-18-22-7-4-5-8-23(22)19-30(28)29)31(39-36(37)38-2)17-21-15-24(40)20-25(41)16-21/h4-5,7-9,12-16,18-20,27-31,40-41H,10-11,17H2,1-2H3,(H3,37,38,39)/t27-,28+,29-,30+,31-/m1/s1. The zero-order chi connectivity index (χ0) is 30.8. The smallest absolute Gasteiger partial charge is 0.188 e. The number of nitrogens with two attached hydrogens (primary N) is 1. The molecule has 2 heterocycles. The summed E-state index contributed by atoms with van der Waals surface area (Å²) in [7, 11) is 1.65. The van der Waals surface area contributed by atoms with E-state index in [9.17, 15) is 15.0 Å². The number of rotatable bonds is 7. The molecule has 0 aliphatic heterocycles. The number of phenolic OH excluding ortho intramolecular Hbond substituents is 2.